The lowest BCUT2D eigenvalue weighted by Crippen LogP contribution is -2.48. The second kappa shape index (κ2) is 9.06. The highest BCUT2D eigenvalue weighted by molar-refractivity contribution is 4.82. The van der Waals surface area contributed by atoms with Gasteiger partial charge < -0.3 is 20.1 Å². The van der Waals surface area contributed by atoms with Crippen LogP contribution in [0.2, 0.25) is 0 Å². The number of piperidine rings is 1. The van der Waals surface area contributed by atoms with Crippen molar-refractivity contribution in [2.75, 3.05) is 53.5 Å². The minimum absolute atomic E-state index is 0.138. The molecule has 0 saturated carbocycles. The van der Waals surface area contributed by atoms with Crippen molar-refractivity contribution < 1.29 is 9.47 Å². The molecule has 0 spiro atoms. The third kappa shape index (κ3) is 5.18. The van der Waals surface area contributed by atoms with Crippen molar-refractivity contribution in [2.45, 2.75) is 44.4 Å². The second-order valence-electron chi connectivity index (χ2n) is 6.51. The minimum atomic E-state index is -0.138. The Kier molecular flexibility index (Phi) is 7.40. The molecule has 0 radical (unpaired) electrons. The number of hydrogen-bond donors (Lipinski definition) is 1. The van der Waals surface area contributed by atoms with Crippen molar-refractivity contribution in [3.05, 3.63) is 0 Å². The molecule has 2 fully saturated rings. The Hall–Kier alpha value is -0.200. The molecule has 0 aromatic carbocycles. The lowest BCUT2D eigenvalue weighted by molar-refractivity contribution is -0.117. The maximum atomic E-state index is 5.97. The van der Waals surface area contributed by atoms with Crippen LogP contribution in [0.3, 0.4) is 0 Å². The van der Waals surface area contributed by atoms with Crippen LogP contribution in [-0.2, 0) is 9.47 Å². The number of likely N-dealkylation sites (tertiary alicyclic amines) is 2. The lowest BCUT2D eigenvalue weighted by atomic mass is 9.94. The Balaban J connectivity index is 1.73. The van der Waals surface area contributed by atoms with Gasteiger partial charge in [-0.25, -0.2) is 0 Å². The van der Waals surface area contributed by atoms with E-state index in [1.54, 1.807) is 14.2 Å². The minimum Gasteiger partial charge on any atom is -0.356 e. The summed E-state index contributed by atoms with van der Waals surface area (Å²) in [5, 5.41) is 0. The van der Waals surface area contributed by atoms with Crippen molar-refractivity contribution in [2.24, 2.45) is 11.7 Å². The molecule has 21 heavy (non-hydrogen) atoms. The first-order valence-electron chi connectivity index (χ1n) is 8.48. The first kappa shape index (κ1) is 17.2. The maximum absolute atomic E-state index is 5.97. The van der Waals surface area contributed by atoms with Gasteiger partial charge in [0.1, 0.15) is 0 Å². The monoisotopic (exact) mass is 299 g/mol. The number of nitrogens with two attached hydrogens (primary N) is 1. The molecule has 124 valence electrons. The molecule has 0 aromatic heterocycles. The fraction of sp³-hybridized carbons (Fsp3) is 1.00. The maximum Gasteiger partial charge on any atom is 0.158 e. The van der Waals surface area contributed by atoms with E-state index in [0.29, 0.717) is 12.6 Å². The van der Waals surface area contributed by atoms with Crippen LogP contribution in [0.1, 0.15) is 32.1 Å². The average molecular weight is 299 g/mol. The van der Waals surface area contributed by atoms with E-state index in [0.717, 1.165) is 12.3 Å². The Morgan fingerprint density at radius 2 is 1.67 bits per heavy atom. The van der Waals surface area contributed by atoms with Gasteiger partial charge in [0.15, 0.2) is 6.29 Å². The van der Waals surface area contributed by atoms with E-state index in [2.05, 4.69) is 9.80 Å². The highest BCUT2D eigenvalue weighted by Gasteiger charge is 2.27. The number of nitrogens with zero attached hydrogens (tertiary/aromatic N) is 2. The summed E-state index contributed by atoms with van der Waals surface area (Å²) in [6.45, 7) is 6.95. The number of ether oxygens (including phenoxy) is 2. The Bertz CT molecular complexity index is 273. The highest BCUT2D eigenvalue weighted by atomic mass is 16.7. The molecule has 0 aromatic rings. The predicted octanol–water partition coefficient (Wildman–Crippen LogP) is 1.13. The van der Waals surface area contributed by atoms with Gasteiger partial charge in [-0.3, -0.25) is 4.90 Å². The third-order valence-electron chi connectivity index (χ3n) is 5.14. The average Bonchev–Trinajstić information content (AvgIpc) is 3.03. The molecule has 0 amide bonds. The van der Waals surface area contributed by atoms with Crippen molar-refractivity contribution >= 4 is 0 Å². The normalized spacial score (nSPS) is 24.0. The zero-order valence-electron chi connectivity index (χ0n) is 13.8. The zero-order chi connectivity index (χ0) is 15.1. The second-order valence-corrected chi connectivity index (χ2v) is 6.51. The summed E-state index contributed by atoms with van der Waals surface area (Å²) in [6.07, 6.45) is 6.11. The molecule has 2 aliphatic rings. The predicted molar refractivity (Wildman–Crippen MR) is 85.2 cm³/mol. The van der Waals surface area contributed by atoms with Gasteiger partial charge in [-0.15, -0.1) is 0 Å². The van der Waals surface area contributed by atoms with E-state index in [1.165, 1.54) is 58.4 Å². The number of hydrogen-bond acceptors (Lipinski definition) is 5. The highest BCUT2D eigenvalue weighted by Crippen LogP contribution is 2.23. The van der Waals surface area contributed by atoms with Gasteiger partial charge in [0.25, 0.3) is 0 Å². The molecule has 2 saturated heterocycles. The summed E-state index contributed by atoms with van der Waals surface area (Å²) in [7, 11) is 3.40. The summed E-state index contributed by atoms with van der Waals surface area (Å²) in [5.41, 5.74) is 5.97. The molecule has 1 unspecified atom stereocenters. The van der Waals surface area contributed by atoms with E-state index >= 15 is 0 Å². The summed E-state index contributed by atoms with van der Waals surface area (Å²) in [4.78, 5) is 5.18. The molecule has 0 bridgehead atoms. The first-order valence-corrected chi connectivity index (χ1v) is 8.48. The van der Waals surface area contributed by atoms with E-state index in [1.807, 2.05) is 0 Å². The van der Waals surface area contributed by atoms with Crippen LogP contribution in [0.4, 0.5) is 0 Å². The summed E-state index contributed by atoms with van der Waals surface area (Å²) in [6, 6.07) is 0.377. The summed E-state index contributed by atoms with van der Waals surface area (Å²) < 4.78 is 10.6. The van der Waals surface area contributed by atoms with E-state index in [-0.39, 0.29) is 6.29 Å². The largest absolute Gasteiger partial charge is 0.356 e. The molecule has 5 heteroatoms. The van der Waals surface area contributed by atoms with Crippen molar-refractivity contribution in [3.8, 4) is 0 Å². The molecule has 5 nitrogen and oxygen atoms in total. The SMILES string of the molecule is COC(CC(CN)N1CCC(CN2CCCC2)CC1)OC. The number of rotatable bonds is 8. The molecule has 2 heterocycles. The summed E-state index contributed by atoms with van der Waals surface area (Å²) in [5.74, 6) is 0.874. The Morgan fingerprint density at radius 3 is 2.19 bits per heavy atom. The van der Waals surface area contributed by atoms with Gasteiger partial charge in [0.05, 0.1) is 0 Å². The Morgan fingerprint density at radius 1 is 1.05 bits per heavy atom. The molecule has 2 aliphatic heterocycles. The summed E-state index contributed by atoms with van der Waals surface area (Å²) >= 11 is 0. The van der Waals surface area contributed by atoms with Gasteiger partial charge >= 0.3 is 0 Å². The fourth-order valence-corrected chi connectivity index (χ4v) is 3.74. The fourth-order valence-electron chi connectivity index (χ4n) is 3.74. The lowest BCUT2D eigenvalue weighted by Gasteiger charge is -2.39. The smallest absolute Gasteiger partial charge is 0.158 e. The van der Waals surface area contributed by atoms with Crippen molar-refractivity contribution in [1.29, 1.82) is 0 Å². The Labute approximate surface area is 129 Å². The van der Waals surface area contributed by atoms with Crippen LogP contribution in [0, 0.1) is 5.92 Å². The zero-order valence-corrected chi connectivity index (χ0v) is 13.8. The van der Waals surface area contributed by atoms with Gasteiger partial charge in [-0.2, -0.15) is 0 Å². The van der Waals surface area contributed by atoms with Gasteiger partial charge in [0, 0.05) is 39.8 Å². The molecule has 2 N–H and O–H groups in total. The van der Waals surface area contributed by atoms with Crippen LogP contribution >= 0.6 is 0 Å². The van der Waals surface area contributed by atoms with E-state index in [9.17, 15) is 0 Å². The number of methoxy groups -OCH3 is 2. The van der Waals surface area contributed by atoms with Crippen LogP contribution in [0.5, 0.6) is 0 Å². The van der Waals surface area contributed by atoms with Crippen LogP contribution in [0.15, 0.2) is 0 Å². The molecule has 0 aliphatic carbocycles. The van der Waals surface area contributed by atoms with Crippen LogP contribution < -0.4 is 5.73 Å². The molecular formula is C16H33N3O2. The molecule has 2 rings (SSSR count). The van der Waals surface area contributed by atoms with Crippen LogP contribution in [0.25, 0.3) is 0 Å². The standard InChI is InChI=1S/C16H33N3O2/c1-20-16(21-2)11-15(12-17)19-9-5-14(6-10-19)13-18-7-3-4-8-18/h14-16H,3-13,17H2,1-2H3. The topological polar surface area (TPSA) is 51.0 Å². The van der Waals surface area contributed by atoms with Gasteiger partial charge in [-0.1, -0.05) is 0 Å². The van der Waals surface area contributed by atoms with E-state index < -0.39 is 0 Å². The molecule has 1 atom stereocenters. The van der Waals surface area contributed by atoms with Gasteiger partial charge in [0.2, 0.25) is 0 Å². The van der Waals surface area contributed by atoms with E-state index in [4.69, 9.17) is 15.2 Å². The van der Waals surface area contributed by atoms with Crippen LogP contribution in [-0.4, -0.2) is 75.6 Å². The molecular weight excluding hydrogens is 266 g/mol. The first-order chi connectivity index (χ1) is 10.3. The quantitative estimate of drug-likeness (QED) is 0.681. The van der Waals surface area contributed by atoms with Crippen molar-refractivity contribution in [3.63, 3.8) is 0 Å². The third-order valence-corrected chi connectivity index (χ3v) is 5.14. The van der Waals surface area contributed by atoms with Crippen molar-refractivity contribution in [1.82, 2.24) is 9.80 Å². The van der Waals surface area contributed by atoms with Gasteiger partial charge in [-0.05, 0) is 57.8 Å².